The predicted octanol–water partition coefficient (Wildman–Crippen LogP) is 1.56. The molecule has 0 aliphatic carbocycles. The van der Waals surface area contributed by atoms with Crippen molar-refractivity contribution < 1.29 is 9.18 Å². The standard InChI is InChI=1S/C14H14FN5O/c1-6-3-2-4-7(11(6)15)8-5-9(21)18-13-10(8)12(16)19-14(17)20-13/h2-4,8H,5H2,1H3,(H5,16,17,18,19,20,21). The molecule has 1 atom stereocenters. The van der Waals surface area contributed by atoms with E-state index in [4.69, 9.17) is 11.5 Å². The number of hydrogen-bond donors (Lipinski definition) is 3. The molecule has 0 fully saturated rings. The Morgan fingerprint density at radius 1 is 1.33 bits per heavy atom. The summed E-state index contributed by atoms with van der Waals surface area (Å²) in [4.78, 5) is 19.7. The van der Waals surface area contributed by atoms with E-state index in [0.29, 0.717) is 16.7 Å². The van der Waals surface area contributed by atoms with E-state index in [1.165, 1.54) is 0 Å². The van der Waals surface area contributed by atoms with Crippen LogP contribution in [0.15, 0.2) is 18.2 Å². The Morgan fingerprint density at radius 2 is 2.10 bits per heavy atom. The number of carbonyl (C=O) groups is 1. The maximum Gasteiger partial charge on any atom is 0.226 e. The number of aryl methyl sites for hydroxylation is 1. The summed E-state index contributed by atoms with van der Waals surface area (Å²) in [7, 11) is 0. The van der Waals surface area contributed by atoms with Gasteiger partial charge in [0.15, 0.2) is 0 Å². The van der Waals surface area contributed by atoms with Gasteiger partial charge in [0.2, 0.25) is 11.9 Å². The normalized spacial score (nSPS) is 17.2. The van der Waals surface area contributed by atoms with Crippen LogP contribution < -0.4 is 16.8 Å². The minimum absolute atomic E-state index is 0.0306. The summed E-state index contributed by atoms with van der Waals surface area (Å²) in [5, 5.41) is 2.60. The van der Waals surface area contributed by atoms with Gasteiger partial charge in [0, 0.05) is 17.9 Å². The Bertz CT molecular complexity index is 746. The van der Waals surface area contributed by atoms with Gasteiger partial charge < -0.3 is 16.8 Å². The van der Waals surface area contributed by atoms with Crippen LogP contribution in [0.3, 0.4) is 0 Å². The summed E-state index contributed by atoms with van der Waals surface area (Å²) < 4.78 is 14.4. The summed E-state index contributed by atoms with van der Waals surface area (Å²) >= 11 is 0. The Morgan fingerprint density at radius 3 is 2.86 bits per heavy atom. The lowest BCUT2D eigenvalue weighted by Crippen LogP contribution is -2.27. The Labute approximate surface area is 120 Å². The molecule has 108 valence electrons. The van der Waals surface area contributed by atoms with E-state index in [1.54, 1.807) is 25.1 Å². The molecule has 1 aliphatic heterocycles. The maximum absolute atomic E-state index is 14.4. The van der Waals surface area contributed by atoms with Crippen molar-refractivity contribution >= 4 is 23.5 Å². The lowest BCUT2D eigenvalue weighted by Gasteiger charge is -2.26. The Balaban J connectivity index is 2.22. The smallest absolute Gasteiger partial charge is 0.226 e. The fourth-order valence-corrected chi connectivity index (χ4v) is 2.62. The first-order valence-electron chi connectivity index (χ1n) is 6.45. The number of aromatic nitrogens is 2. The fourth-order valence-electron chi connectivity index (χ4n) is 2.62. The first kappa shape index (κ1) is 13.3. The molecule has 1 unspecified atom stereocenters. The molecule has 5 N–H and O–H groups in total. The molecule has 1 aliphatic rings. The number of hydrogen-bond acceptors (Lipinski definition) is 5. The van der Waals surface area contributed by atoms with E-state index in [1.807, 2.05) is 0 Å². The average molecular weight is 287 g/mol. The molecule has 1 aromatic carbocycles. The van der Waals surface area contributed by atoms with Crippen LogP contribution in [0.4, 0.5) is 22.0 Å². The number of nitrogens with zero attached hydrogens (tertiary/aromatic N) is 2. The van der Waals surface area contributed by atoms with Gasteiger partial charge in [-0.1, -0.05) is 18.2 Å². The molecule has 7 heteroatoms. The van der Waals surface area contributed by atoms with Gasteiger partial charge in [-0.25, -0.2) is 4.39 Å². The van der Waals surface area contributed by atoms with Crippen LogP contribution in [0.5, 0.6) is 0 Å². The van der Waals surface area contributed by atoms with E-state index in [-0.39, 0.29) is 35.7 Å². The third kappa shape index (κ3) is 2.16. The number of nitrogens with one attached hydrogen (secondary N) is 1. The molecule has 0 bridgehead atoms. The second-order valence-corrected chi connectivity index (χ2v) is 5.01. The van der Waals surface area contributed by atoms with Gasteiger partial charge in [0.1, 0.15) is 17.5 Å². The minimum Gasteiger partial charge on any atom is -0.383 e. The molecule has 2 heterocycles. The molecule has 1 aromatic heterocycles. The molecular formula is C14H14FN5O. The number of rotatable bonds is 1. The Kier molecular flexibility index (Phi) is 2.97. The lowest BCUT2D eigenvalue weighted by atomic mass is 9.85. The summed E-state index contributed by atoms with van der Waals surface area (Å²) in [5.74, 6) is -0.748. The second kappa shape index (κ2) is 4.69. The summed E-state index contributed by atoms with van der Waals surface area (Å²) in [6, 6.07) is 5.06. The highest BCUT2D eigenvalue weighted by Gasteiger charge is 2.32. The SMILES string of the molecule is Cc1cccc(C2CC(=O)Nc3nc(N)nc(N)c32)c1F. The van der Waals surface area contributed by atoms with Crippen molar-refractivity contribution in [2.24, 2.45) is 0 Å². The lowest BCUT2D eigenvalue weighted by molar-refractivity contribution is -0.116. The summed E-state index contributed by atoms with van der Waals surface area (Å²) in [6.45, 7) is 1.67. The van der Waals surface area contributed by atoms with Gasteiger partial charge in [-0.3, -0.25) is 4.79 Å². The van der Waals surface area contributed by atoms with Gasteiger partial charge in [0.05, 0.1) is 0 Å². The fraction of sp³-hybridized carbons (Fsp3) is 0.214. The van der Waals surface area contributed by atoms with Crippen molar-refractivity contribution in [2.45, 2.75) is 19.3 Å². The minimum atomic E-state index is -0.519. The predicted molar refractivity (Wildman–Crippen MR) is 77.1 cm³/mol. The van der Waals surface area contributed by atoms with Crippen molar-refractivity contribution in [2.75, 3.05) is 16.8 Å². The van der Waals surface area contributed by atoms with Crippen LogP contribution in [0, 0.1) is 12.7 Å². The summed E-state index contributed by atoms with van der Waals surface area (Å²) in [5.41, 5.74) is 12.9. The van der Waals surface area contributed by atoms with Gasteiger partial charge in [-0.15, -0.1) is 0 Å². The van der Waals surface area contributed by atoms with E-state index < -0.39 is 5.92 Å². The first-order valence-corrected chi connectivity index (χ1v) is 6.45. The number of nitrogens with two attached hydrogens (primary N) is 2. The molecule has 1 amide bonds. The first-order chi connectivity index (χ1) is 9.97. The molecule has 0 saturated heterocycles. The number of benzene rings is 1. The maximum atomic E-state index is 14.4. The molecule has 21 heavy (non-hydrogen) atoms. The summed E-state index contributed by atoms with van der Waals surface area (Å²) in [6.07, 6.45) is 0.0881. The number of amides is 1. The van der Waals surface area contributed by atoms with Crippen LogP contribution in [0.1, 0.15) is 29.0 Å². The molecule has 6 nitrogen and oxygen atoms in total. The number of nitrogen functional groups attached to an aromatic ring is 2. The van der Waals surface area contributed by atoms with Gasteiger partial charge >= 0.3 is 0 Å². The third-order valence-corrected chi connectivity index (χ3v) is 3.59. The highest BCUT2D eigenvalue weighted by atomic mass is 19.1. The van der Waals surface area contributed by atoms with E-state index in [2.05, 4.69) is 15.3 Å². The van der Waals surface area contributed by atoms with Crippen LogP contribution in [-0.4, -0.2) is 15.9 Å². The van der Waals surface area contributed by atoms with E-state index in [0.717, 1.165) is 0 Å². The van der Waals surface area contributed by atoms with E-state index in [9.17, 15) is 9.18 Å². The van der Waals surface area contributed by atoms with Gasteiger partial charge in [0.25, 0.3) is 0 Å². The van der Waals surface area contributed by atoms with Gasteiger partial charge in [-0.05, 0) is 18.1 Å². The number of halogens is 1. The van der Waals surface area contributed by atoms with Crippen molar-refractivity contribution in [1.82, 2.24) is 9.97 Å². The molecule has 0 saturated carbocycles. The van der Waals surface area contributed by atoms with Crippen LogP contribution >= 0.6 is 0 Å². The number of anilines is 3. The monoisotopic (exact) mass is 287 g/mol. The van der Waals surface area contributed by atoms with Crippen LogP contribution in [0.25, 0.3) is 0 Å². The highest BCUT2D eigenvalue weighted by Crippen LogP contribution is 2.40. The van der Waals surface area contributed by atoms with E-state index >= 15 is 0 Å². The zero-order valence-electron chi connectivity index (χ0n) is 11.4. The quantitative estimate of drug-likeness (QED) is 0.738. The topological polar surface area (TPSA) is 107 Å². The molecular weight excluding hydrogens is 273 g/mol. The van der Waals surface area contributed by atoms with Crippen molar-refractivity contribution in [1.29, 1.82) is 0 Å². The van der Waals surface area contributed by atoms with Crippen molar-refractivity contribution in [3.05, 3.63) is 40.7 Å². The zero-order valence-corrected chi connectivity index (χ0v) is 11.4. The van der Waals surface area contributed by atoms with Crippen molar-refractivity contribution in [3.63, 3.8) is 0 Å². The largest absolute Gasteiger partial charge is 0.383 e. The van der Waals surface area contributed by atoms with Crippen molar-refractivity contribution in [3.8, 4) is 0 Å². The second-order valence-electron chi connectivity index (χ2n) is 5.01. The molecule has 0 spiro atoms. The van der Waals surface area contributed by atoms with Gasteiger partial charge in [-0.2, -0.15) is 9.97 Å². The zero-order chi connectivity index (χ0) is 15.1. The number of carbonyl (C=O) groups excluding carboxylic acids is 1. The molecule has 2 aromatic rings. The highest BCUT2D eigenvalue weighted by molar-refractivity contribution is 5.95. The third-order valence-electron chi connectivity index (χ3n) is 3.59. The Hall–Kier alpha value is -2.70. The van der Waals surface area contributed by atoms with Crippen LogP contribution in [-0.2, 0) is 4.79 Å². The molecule has 3 rings (SSSR count). The number of fused-ring (bicyclic) bond motifs is 1. The average Bonchev–Trinajstić information content (AvgIpc) is 2.40. The molecule has 0 radical (unpaired) electrons. The van der Waals surface area contributed by atoms with Crippen LogP contribution in [0.2, 0.25) is 0 Å².